The number of hydrogen-bond acceptors (Lipinski definition) is 2. The molecule has 2 aromatic heterocycles. The van der Waals surface area contributed by atoms with Gasteiger partial charge in [-0.1, -0.05) is 15.9 Å². The van der Waals surface area contributed by atoms with Gasteiger partial charge in [0.15, 0.2) is 0 Å². The summed E-state index contributed by atoms with van der Waals surface area (Å²) in [6.07, 6.45) is 7.23. The van der Waals surface area contributed by atoms with Crippen molar-refractivity contribution in [1.29, 1.82) is 0 Å². The number of rotatable bonds is 5. The molecule has 0 fully saturated rings. The Kier molecular flexibility index (Phi) is 7.41. The molecule has 0 spiro atoms. The molecule has 2 heterocycles. The molecule has 0 atom stereocenters. The van der Waals surface area contributed by atoms with Gasteiger partial charge in [0.25, 0.3) is 0 Å². The quantitative estimate of drug-likeness (QED) is 0.423. The average Bonchev–Trinajstić information content (AvgIpc) is 2.39. The Bertz CT molecular complexity index is 517. The van der Waals surface area contributed by atoms with Crippen LogP contribution < -0.4 is 0 Å². The van der Waals surface area contributed by atoms with Crippen LogP contribution in [0.25, 0.3) is 11.4 Å². The van der Waals surface area contributed by atoms with Crippen molar-refractivity contribution < 1.29 is 19.5 Å². The first kappa shape index (κ1) is 16.5. The van der Waals surface area contributed by atoms with Crippen LogP contribution in [-0.4, -0.2) is 15.3 Å². The minimum atomic E-state index is 0. The molecule has 0 saturated heterocycles. The molecule has 0 aliphatic carbocycles. The van der Waals surface area contributed by atoms with Crippen LogP contribution in [0.4, 0.5) is 0 Å². The molecule has 102 valence electrons. The number of unbranched alkanes of at least 4 members (excludes halogenated alkanes) is 1. The molecular formula is C15H17BrN2Ru. The van der Waals surface area contributed by atoms with Crippen molar-refractivity contribution in [3.8, 4) is 11.4 Å². The first-order valence-electron chi connectivity index (χ1n) is 6.23. The van der Waals surface area contributed by atoms with Gasteiger partial charge in [0, 0.05) is 37.2 Å². The largest absolute Gasteiger partial charge is 0.255 e. The van der Waals surface area contributed by atoms with E-state index in [1.807, 2.05) is 18.5 Å². The second-order valence-corrected chi connectivity index (χ2v) is 5.21. The molecule has 0 amide bonds. The second-order valence-electron chi connectivity index (χ2n) is 4.41. The molecule has 2 nitrogen and oxygen atoms in total. The van der Waals surface area contributed by atoms with Crippen molar-refractivity contribution in [2.45, 2.75) is 26.2 Å². The van der Waals surface area contributed by atoms with Crippen LogP contribution in [0.3, 0.4) is 0 Å². The maximum Gasteiger partial charge on any atom is 0.0888 e. The average molecular weight is 406 g/mol. The van der Waals surface area contributed by atoms with Crippen molar-refractivity contribution in [3.63, 3.8) is 0 Å². The summed E-state index contributed by atoms with van der Waals surface area (Å²) in [7, 11) is 0. The Hall–Kier alpha value is -0.597. The van der Waals surface area contributed by atoms with Gasteiger partial charge in [0.05, 0.1) is 11.4 Å². The molecule has 0 N–H and O–H groups in total. The van der Waals surface area contributed by atoms with E-state index in [0.717, 1.165) is 23.1 Å². The van der Waals surface area contributed by atoms with Gasteiger partial charge in [0.1, 0.15) is 0 Å². The van der Waals surface area contributed by atoms with E-state index in [-0.39, 0.29) is 19.5 Å². The summed E-state index contributed by atoms with van der Waals surface area (Å²) in [5, 5.41) is 1.07. The van der Waals surface area contributed by atoms with Gasteiger partial charge in [-0.15, -0.1) is 0 Å². The molecule has 19 heavy (non-hydrogen) atoms. The second kappa shape index (κ2) is 8.55. The minimum Gasteiger partial charge on any atom is -0.255 e. The molecular weight excluding hydrogens is 389 g/mol. The fourth-order valence-electron chi connectivity index (χ4n) is 1.87. The number of hydrogen-bond donors (Lipinski definition) is 0. The Morgan fingerprint density at radius 3 is 2.37 bits per heavy atom. The molecule has 2 aromatic rings. The summed E-state index contributed by atoms with van der Waals surface area (Å²) in [5.41, 5.74) is 4.48. The van der Waals surface area contributed by atoms with Gasteiger partial charge in [-0.05, 0) is 61.6 Å². The van der Waals surface area contributed by atoms with Crippen LogP contribution in [0.2, 0.25) is 0 Å². The van der Waals surface area contributed by atoms with E-state index in [2.05, 4.69) is 51.0 Å². The summed E-state index contributed by atoms with van der Waals surface area (Å²) in [6.45, 7) is 2.07. The Labute approximate surface area is 136 Å². The third-order valence-electron chi connectivity index (χ3n) is 2.85. The number of pyridine rings is 2. The van der Waals surface area contributed by atoms with Crippen LogP contribution in [0.5, 0.6) is 0 Å². The smallest absolute Gasteiger partial charge is 0.0888 e. The zero-order valence-corrected chi connectivity index (χ0v) is 14.2. The summed E-state index contributed by atoms with van der Waals surface area (Å²) in [4.78, 5) is 8.78. The normalized spacial score (nSPS) is 10.0. The summed E-state index contributed by atoms with van der Waals surface area (Å²) < 4.78 is 0. The van der Waals surface area contributed by atoms with Crippen LogP contribution in [0.15, 0.2) is 36.7 Å². The van der Waals surface area contributed by atoms with Gasteiger partial charge in [-0.3, -0.25) is 9.97 Å². The van der Waals surface area contributed by atoms with E-state index in [0.29, 0.717) is 0 Å². The van der Waals surface area contributed by atoms with Gasteiger partial charge < -0.3 is 0 Å². The standard InChI is InChI=1S/C15H17BrN2.Ru/c1-12-5-8-17-14(10-12)15-11-13(6-9-18-15)4-2-3-7-16;/h5-6,8-11H,2-4,7H2,1H3;. The van der Waals surface area contributed by atoms with E-state index in [1.165, 1.54) is 24.0 Å². The van der Waals surface area contributed by atoms with E-state index in [1.54, 1.807) is 0 Å². The van der Waals surface area contributed by atoms with Gasteiger partial charge >= 0.3 is 0 Å². The molecule has 0 aliphatic heterocycles. The van der Waals surface area contributed by atoms with Crippen LogP contribution >= 0.6 is 15.9 Å². The van der Waals surface area contributed by atoms with E-state index < -0.39 is 0 Å². The SMILES string of the molecule is Cc1ccnc(-c2cc(CCCCBr)ccn2)c1.[Ru]. The number of alkyl halides is 1. The fraction of sp³-hybridized carbons (Fsp3) is 0.333. The summed E-state index contributed by atoms with van der Waals surface area (Å²) in [5.74, 6) is 0. The maximum absolute atomic E-state index is 4.41. The molecule has 0 saturated carbocycles. The van der Waals surface area contributed by atoms with Crippen LogP contribution in [-0.2, 0) is 25.9 Å². The van der Waals surface area contributed by atoms with E-state index >= 15 is 0 Å². The Balaban J connectivity index is 0.00000180. The predicted octanol–water partition coefficient (Wildman–Crippen LogP) is 4.17. The summed E-state index contributed by atoms with van der Waals surface area (Å²) in [6, 6.07) is 8.32. The molecule has 0 radical (unpaired) electrons. The number of halogens is 1. The number of aryl methyl sites for hydroxylation is 2. The number of aromatic nitrogens is 2. The zero-order chi connectivity index (χ0) is 12.8. The van der Waals surface area contributed by atoms with Gasteiger partial charge in [0.2, 0.25) is 0 Å². The molecule has 4 heteroatoms. The molecule has 0 unspecified atom stereocenters. The third-order valence-corrected chi connectivity index (χ3v) is 3.41. The molecule has 0 aliphatic rings. The van der Waals surface area contributed by atoms with Crippen molar-refractivity contribution in [2.24, 2.45) is 0 Å². The predicted molar refractivity (Wildman–Crippen MR) is 78.9 cm³/mol. The summed E-state index contributed by atoms with van der Waals surface area (Å²) >= 11 is 3.46. The minimum absolute atomic E-state index is 0. The third kappa shape index (κ3) is 5.12. The topological polar surface area (TPSA) is 25.8 Å². The van der Waals surface area contributed by atoms with Gasteiger partial charge in [-0.2, -0.15) is 0 Å². The van der Waals surface area contributed by atoms with Crippen LogP contribution in [0.1, 0.15) is 24.0 Å². The zero-order valence-electron chi connectivity index (χ0n) is 10.9. The monoisotopic (exact) mass is 406 g/mol. The maximum atomic E-state index is 4.41. The first-order chi connectivity index (χ1) is 8.79. The van der Waals surface area contributed by atoms with E-state index in [9.17, 15) is 0 Å². The van der Waals surface area contributed by atoms with Crippen molar-refractivity contribution in [2.75, 3.05) is 5.33 Å². The van der Waals surface area contributed by atoms with Crippen molar-refractivity contribution in [1.82, 2.24) is 9.97 Å². The van der Waals surface area contributed by atoms with Gasteiger partial charge in [-0.25, -0.2) is 0 Å². The molecule has 0 aromatic carbocycles. The van der Waals surface area contributed by atoms with Crippen molar-refractivity contribution in [3.05, 3.63) is 47.8 Å². The Morgan fingerprint density at radius 1 is 1.00 bits per heavy atom. The first-order valence-corrected chi connectivity index (χ1v) is 7.35. The molecule has 2 rings (SSSR count). The fourth-order valence-corrected chi connectivity index (χ4v) is 2.27. The van der Waals surface area contributed by atoms with E-state index in [4.69, 9.17) is 0 Å². The number of nitrogens with zero attached hydrogens (tertiary/aromatic N) is 2. The van der Waals surface area contributed by atoms with Crippen LogP contribution in [0, 0.1) is 6.92 Å². The Morgan fingerprint density at radius 2 is 1.68 bits per heavy atom. The molecule has 0 bridgehead atoms. The van der Waals surface area contributed by atoms with Crippen molar-refractivity contribution >= 4 is 15.9 Å².